The summed E-state index contributed by atoms with van der Waals surface area (Å²) in [6.07, 6.45) is 0. The number of carbonyl (C=O) groups excluding carboxylic acids is 2. The molecule has 1 atom stereocenters. The van der Waals surface area contributed by atoms with Crippen LogP contribution in [0.5, 0.6) is 5.75 Å². The van der Waals surface area contributed by atoms with Gasteiger partial charge in [-0.3, -0.25) is 14.5 Å². The smallest absolute Gasteiger partial charge is 0.301 e. The summed E-state index contributed by atoms with van der Waals surface area (Å²) in [5, 5.41) is 22.2. The zero-order chi connectivity index (χ0) is 23.1. The Balaban J connectivity index is 1.78. The quantitative estimate of drug-likeness (QED) is 0.273. The van der Waals surface area contributed by atoms with E-state index in [-0.39, 0.29) is 11.3 Å². The number of ketones is 1. The summed E-state index contributed by atoms with van der Waals surface area (Å²) < 4.78 is 5.19. The summed E-state index contributed by atoms with van der Waals surface area (Å²) in [5.41, 5.74) is 1.14. The van der Waals surface area contributed by atoms with Crippen molar-refractivity contribution in [2.24, 2.45) is 0 Å². The third kappa shape index (κ3) is 3.44. The molecule has 2 heterocycles. The van der Waals surface area contributed by atoms with Gasteiger partial charge in [-0.1, -0.05) is 53.8 Å². The lowest BCUT2D eigenvalue weighted by molar-refractivity contribution is -0.132. The van der Waals surface area contributed by atoms with Crippen molar-refractivity contribution in [3.8, 4) is 5.75 Å². The maximum absolute atomic E-state index is 13.3. The van der Waals surface area contributed by atoms with E-state index in [0.29, 0.717) is 21.5 Å². The molecule has 4 aromatic rings. The predicted octanol–water partition coefficient (Wildman–Crippen LogP) is 4.63. The Morgan fingerprint density at radius 3 is 2.42 bits per heavy atom. The van der Waals surface area contributed by atoms with Crippen LogP contribution in [0.4, 0.5) is 5.13 Å². The lowest BCUT2D eigenvalue weighted by Crippen LogP contribution is -2.29. The van der Waals surface area contributed by atoms with Gasteiger partial charge in [0.15, 0.2) is 0 Å². The van der Waals surface area contributed by atoms with Crippen molar-refractivity contribution in [2.45, 2.75) is 13.0 Å². The van der Waals surface area contributed by atoms with Crippen molar-refractivity contribution in [3.05, 3.63) is 88.4 Å². The van der Waals surface area contributed by atoms with E-state index in [2.05, 4.69) is 10.2 Å². The summed E-state index contributed by atoms with van der Waals surface area (Å²) in [6, 6.07) is 19.2. The largest absolute Gasteiger partial charge is 0.507 e. The molecule has 1 N–H and O–H groups in total. The number of carbonyl (C=O) groups is 2. The Bertz CT molecular complexity index is 1420. The molecular weight excluding hydrogens is 438 g/mol. The van der Waals surface area contributed by atoms with Gasteiger partial charge in [-0.2, -0.15) is 0 Å². The van der Waals surface area contributed by atoms with E-state index < -0.39 is 17.7 Å². The number of Topliss-reactive ketones (excluding diaryl/α,β-unsaturated/α-hetero) is 1. The molecule has 0 bridgehead atoms. The third-order valence-corrected chi connectivity index (χ3v) is 6.49. The van der Waals surface area contributed by atoms with Crippen LogP contribution in [0.15, 0.2) is 72.3 Å². The molecule has 8 heteroatoms. The van der Waals surface area contributed by atoms with Crippen LogP contribution in [0.1, 0.15) is 22.2 Å². The third-order valence-electron chi connectivity index (χ3n) is 5.65. The molecule has 1 saturated heterocycles. The first-order valence-corrected chi connectivity index (χ1v) is 11.0. The normalized spacial score (nSPS) is 17.6. The first kappa shape index (κ1) is 20.8. The van der Waals surface area contributed by atoms with Crippen LogP contribution in [-0.4, -0.2) is 34.1 Å². The van der Waals surface area contributed by atoms with E-state index in [1.807, 2.05) is 42.5 Å². The van der Waals surface area contributed by atoms with Gasteiger partial charge >= 0.3 is 5.91 Å². The van der Waals surface area contributed by atoms with Crippen molar-refractivity contribution in [1.29, 1.82) is 0 Å². The van der Waals surface area contributed by atoms with Crippen molar-refractivity contribution in [1.82, 2.24) is 10.2 Å². The number of aliphatic hydroxyl groups excluding tert-OH is 1. The number of rotatable bonds is 4. The van der Waals surface area contributed by atoms with Gasteiger partial charge in [0.2, 0.25) is 5.13 Å². The van der Waals surface area contributed by atoms with E-state index in [1.54, 1.807) is 38.3 Å². The molecule has 0 unspecified atom stereocenters. The molecule has 164 valence electrons. The Hall–Kier alpha value is -4.04. The molecule has 1 aliphatic rings. The molecule has 0 radical (unpaired) electrons. The molecule has 0 saturated carbocycles. The standard InChI is InChI=1S/C25H19N3O4S/c1-14-26-27-25(33-14)28-21(19-9-5-7-15-6-3-4-8-18(15)19)20(23(30)24(28)31)22(29)16-10-12-17(32-2)13-11-16/h3-13,21,29H,1-2H3/b22-20+/t21-/m1/s1. The fourth-order valence-corrected chi connectivity index (χ4v) is 4.82. The minimum Gasteiger partial charge on any atom is -0.507 e. The van der Waals surface area contributed by atoms with Crippen LogP contribution < -0.4 is 9.64 Å². The number of hydrogen-bond donors (Lipinski definition) is 1. The topological polar surface area (TPSA) is 92.6 Å². The van der Waals surface area contributed by atoms with Crippen molar-refractivity contribution in [3.63, 3.8) is 0 Å². The lowest BCUT2D eigenvalue weighted by atomic mass is 9.92. The number of aryl methyl sites for hydroxylation is 1. The number of methoxy groups -OCH3 is 1. The minimum absolute atomic E-state index is 0.00868. The SMILES string of the molecule is COc1ccc(/C(O)=C2\C(=O)C(=O)N(c3nnc(C)s3)[C@@H]2c2cccc3ccccc23)cc1. The molecule has 1 aromatic heterocycles. The van der Waals surface area contributed by atoms with E-state index in [4.69, 9.17) is 4.74 Å². The highest BCUT2D eigenvalue weighted by Gasteiger charge is 2.48. The maximum atomic E-state index is 13.3. The van der Waals surface area contributed by atoms with Gasteiger partial charge < -0.3 is 9.84 Å². The number of fused-ring (bicyclic) bond motifs is 1. The van der Waals surface area contributed by atoms with E-state index in [1.165, 1.54) is 16.2 Å². The average molecular weight is 458 g/mol. The molecule has 0 aliphatic carbocycles. The summed E-state index contributed by atoms with van der Waals surface area (Å²) >= 11 is 1.22. The zero-order valence-corrected chi connectivity index (χ0v) is 18.7. The van der Waals surface area contributed by atoms with Gasteiger partial charge in [0.1, 0.15) is 16.5 Å². The van der Waals surface area contributed by atoms with E-state index in [0.717, 1.165) is 16.3 Å². The van der Waals surface area contributed by atoms with Crippen LogP contribution in [-0.2, 0) is 9.59 Å². The zero-order valence-electron chi connectivity index (χ0n) is 17.9. The van der Waals surface area contributed by atoms with Gasteiger partial charge in [0.05, 0.1) is 18.7 Å². The summed E-state index contributed by atoms with van der Waals surface area (Å²) in [6.45, 7) is 1.78. The number of anilines is 1. The fourth-order valence-electron chi connectivity index (χ4n) is 4.10. The van der Waals surface area contributed by atoms with Gasteiger partial charge in [0, 0.05) is 5.56 Å². The first-order chi connectivity index (χ1) is 16.0. The minimum atomic E-state index is -0.856. The number of aliphatic hydroxyl groups is 1. The molecular formula is C25H19N3O4S. The second-order valence-corrected chi connectivity index (χ2v) is 8.73. The van der Waals surface area contributed by atoms with Gasteiger partial charge in [-0.15, -0.1) is 10.2 Å². The van der Waals surface area contributed by atoms with Gasteiger partial charge in [-0.25, -0.2) is 0 Å². The molecule has 1 aliphatic heterocycles. The first-order valence-electron chi connectivity index (χ1n) is 10.2. The van der Waals surface area contributed by atoms with E-state index >= 15 is 0 Å². The molecule has 1 amide bonds. The Kier molecular flexibility index (Phi) is 5.14. The van der Waals surface area contributed by atoms with Crippen molar-refractivity contribution in [2.75, 3.05) is 12.0 Å². The number of ether oxygens (including phenoxy) is 1. The number of benzene rings is 3. The summed E-state index contributed by atoms with van der Waals surface area (Å²) in [5.74, 6) is -1.16. The number of hydrogen-bond acceptors (Lipinski definition) is 7. The number of aromatic nitrogens is 2. The second kappa shape index (κ2) is 8.14. The van der Waals surface area contributed by atoms with Crippen molar-refractivity contribution >= 4 is 44.7 Å². The summed E-state index contributed by atoms with van der Waals surface area (Å²) in [4.78, 5) is 27.8. The van der Waals surface area contributed by atoms with Crippen molar-refractivity contribution < 1.29 is 19.4 Å². The molecule has 3 aromatic carbocycles. The average Bonchev–Trinajstić information content (AvgIpc) is 3.38. The molecule has 33 heavy (non-hydrogen) atoms. The number of nitrogens with zero attached hydrogens (tertiary/aromatic N) is 3. The monoisotopic (exact) mass is 457 g/mol. The predicted molar refractivity (Wildman–Crippen MR) is 126 cm³/mol. The maximum Gasteiger partial charge on any atom is 0.301 e. The van der Waals surface area contributed by atoms with Crippen LogP contribution in [0.3, 0.4) is 0 Å². The van der Waals surface area contributed by atoms with Gasteiger partial charge in [-0.05, 0) is 47.5 Å². The highest BCUT2D eigenvalue weighted by Crippen LogP contribution is 2.44. The van der Waals surface area contributed by atoms with Gasteiger partial charge in [0.25, 0.3) is 5.78 Å². The lowest BCUT2D eigenvalue weighted by Gasteiger charge is -2.24. The molecule has 5 rings (SSSR count). The van der Waals surface area contributed by atoms with Crippen LogP contribution in [0.2, 0.25) is 0 Å². The second-order valence-electron chi connectivity index (χ2n) is 7.57. The Labute approximate surface area is 193 Å². The van der Waals surface area contributed by atoms with Crippen LogP contribution >= 0.6 is 11.3 Å². The Morgan fingerprint density at radius 2 is 1.73 bits per heavy atom. The summed E-state index contributed by atoms with van der Waals surface area (Å²) in [7, 11) is 1.55. The van der Waals surface area contributed by atoms with Crippen LogP contribution in [0.25, 0.3) is 16.5 Å². The molecule has 7 nitrogen and oxygen atoms in total. The molecule has 1 fully saturated rings. The highest BCUT2D eigenvalue weighted by atomic mass is 32.1. The Morgan fingerprint density at radius 1 is 1.00 bits per heavy atom. The number of amides is 1. The highest BCUT2D eigenvalue weighted by molar-refractivity contribution is 7.15. The fraction of sp³-hybridized carbons (Fsp3) is 0.120. The van der Waals surface area contributed by atoms with E-state index in [9.17, 15) is 14.7 Å². The molecule has 0 spiro atoms. The van der Waals surface area contributed by atoms with Crippen LogP contribution in [0, 0.1) is 6.92 Å².